The van der Waals surface area contributed by atoms with Gasteiger partial charge in [-0.15, -0.1) is 0 Å². The van der Waals surface area contributed by atoms with Crippen molar-refractivity contribution in [3.05, 3.63) is 64.8 Å². The molecule has 8 heteroatoms. The van der Waals surface area contributed by atoms with E-state index in [0.29, 0.717) is 25.2 Å². The number of para-hydroxylation sites is 1. The molecule has 1 aromatic heterocycles. The Kier molecular flexibility index (Phi) is 5.65. The number of non-ortho nitro benzene ring substituents is 1. The maximum Gasteiger partial charge on any atom is 0.271 e. The Bertz CT molecular complexity index is 939. The molecule has 0 N–H and O–H groups in total. The van der Waals surface area contributed by atoms with Crippen LogP contribution in [-0.2, 0) is 11.3 Å². The van der Waals surface area contributed by atoms with Crippen LogP contribution in [0.4, 0.5) is 5.69 Å². The highest BCUT2D eigenvalue weighted by molar-refractivity contribution is 5.81. The van der Waals surface area contributed by atoms with Crippen LogP contribution < -0.4 is 4.74 Å². The van der Waals surface area contributed by atoms with Crippen LogP contribution in [0.25, 0.3) is 10.9 Å². The van der Waals surface area contributed by atoms with Gasteiger partial charge in [0.15, 0.2) is 0 Å². The van der Waals surface area contributed by atoms with Crippen molar-refractivity contribution in [1.29, 1.82) is 0 Å². The Morgan fingerprint density at radius 2 is 2.04 bits per heavy atom. The quantitative estimate of drug-likeness (QED) is 0.450. The Morgan fingerprint density at radius 3 is 2.78 bits per heavy atom. The smallest absolute Gasteiger partial charge is 0.271 e. The second-order valence-electron chi connectivity index (χ2n) is 6.09. The number of carbonyl (C=O) groups excluding carboxylic acids is 1. The van der Waals surface area contributed by atoms with Crippen LogP contribution in [0, 0.1) is 10.1 Å². The molecule has 0 saturated carbocycles. The third kappa shape index (κ3) is 4.60. The number of hydrogen-bond donors (Lipinski definition) is 0. The summed E-state index contributed by atoms with van der Waals surface area (Å²) in [5.41, 5.74) is 0.651. The molecule has 140 valence electrons. The normalized spacial score (nSPS) is 10.7. The molecule has 0 aliphatic heterocycles. The molecule has 0 aliphatic carbocycles. The molecule has 0 spiro atoms. The topological polar surface area (TPSA) is 90.5 Å². The predicted octanol–water partition coefficient (Wildman–Crippen LogP) is 2.87. The molecule has 8 nitrogen and oxygen atoms in total. The first-order chi connectivity index (χ1) is 13.0. The summed E-state index contributed by atoms with van der Waals surface area (Å²) in [4.78, 5) is 24.4. The van der Waals surface area contributed by atoms with Crippen molar-refractivity contribution in [2.75, 3.05) is 20.2 Å². The first kappa shape index (κ1) is 18.4. The zero-order valence-electron chi connectivity index (χ0n) is 14.9. The Balaban J connectivity index is 1.53. The fourth-order valence-electron chi connectivity index (χ4n) is 2.68. The third-order valence-electron chi connectivity index (χ3n) is 4.24. The van der Waals surface area contributed by atoms with Gasteiger partial charge in [-0.05, 0) is 18.2 Å². The summed E-state index contributed by atoms with van der Waals surface area (Å²) in [6.07, 6.45) is 1.89. The van der Waals surface area contributed by atoms with Gasteiger partial charge < -0.3 is 9.64 Å². The zero-order valence-corrected chi connectivity index (χ0v) is 14.9. The number of nitrogens with zero attached hydrogens (tertiary/aromatic N) is 4. The molecule has 3 rings (SSSR count). The Morgan fingerprint density at radius 1 is 1.26 bits per heavy atom. The lowest BCUT2D eigenvalue weighted by atomic mass is 10.2. The van der Waals surface area contributed by atoms with Crippen molar-refractivity contribution >= 4 is 22.5 Å². The Labute approximate surface area is 156 Å². The number of benzene rings is 2. The van der Waals surface area contributed by atoms with Gasteiger partial charge in [-0.25, -0.2) is 0 Å². The largest absolute Gasteiger partial charge is 0.492 e. The molecular weight excluding hydrogens is 348 g/mol. The van der Waals surface area contributed by atoms with Crippen molar-refractivity contribution in [1.82, 2.24) is 14.7 Å². The maximum atomic E-state index is 12.3. The highest BCUT2D eigenvalue weighted by Gasteiger charge is 2.13. The number of aryl methyl sites for hydroxylation is 1. The van der Waals surface area contributed by atoms with E-state index in [4.69, 9.17) is 4.74 Å². The molecule has 0 radical (unpaired) electrons. The number of likely N-dealkylation sites (N-methyl/N-ethyl adjacent to an activating group) is 1. The minimum Gasteiger partial charge on any atom is -0.492 e. The molecule has 0 aliphatic rings. The molecule has 1 amide bonds. The summed E-state index contributed by atoms with van der Waals surface area (Å²) in [5.74, 6) is 0.726. The second kappa shape index (κ2) is 8.31. The summed E-state index contributed by atoms with van der Waals surface area (Å²) >= 11 is 0. The minimum atomic E-state index is -0.442. The van der Waals surface area contributed by atoms with Crippen molar-refractivity contribution in [2.45, 2.75) is 13.0 Å². The van der Waals surface area contributed by atoms with Crippen LogP contribution in [0.3, 0.4) is 0 Å². The lowest BCUT2D eigenvalue weighted by molar-refractivity contribution is -0.384. The van der Waals surface area contributed by atoms with Gasteiger partial charge in [0.25, 0.3) is 5.69 Å². The number of fused-ring (bicyclic) bond motifs is 1. The number of hydrogen-bond acceptors (Lipinski definition) is 5. The van der Waals surface area contributed by atoms with E-state index < -0.39 is 4.92 Å². The molecule has 0 atom stereocenters. The molecule has 1 heterocycles. The molecule has 3 aromatic rings. The number of ether oxygens (including phenoxy) is 1. The number of nitro benzene ring substituents is 1. The van der Waals surface area contributed by atoms with Crippen LogP contribution in [0.2, 0.25) is 0 Å². The number of amides is 1. The first-order valence-electron chi connectivity index (χ1n) is 8.56. The lowest BCUT2D eigenvalue weighted by Crippen LogP contribution is -2.31. The van der Waals surface area contributed by atoms with E-state index in [1.165, 1.54) is 12.1 Å². The van der Waals surface area contributed by atoms with Crippen LogP contribution in [0.15, 0.2) is 54.7 Å². The van der Waals surface area contributed by atoms with Crippen molar-refractivity contribution in [3.8, 4) is 5.75 Å². The summed E-state index contributed by atoms with van der Waals surface area (Å²) in [6.45, 7) is 1.23. The molecule has 0 fully saturated rings. The van der Waals surface area contributed by atoms with Crippen LogP contribution in [-0.4, -0.2) is 45.7 Å². The van der Waals surface area contributed by atoms with E-state index in [1.807, 2.05) is 30.3 Å². The number of nitro groups is 1. The fraction of sp³-hybridized carbons (Fsp3) is 0.263. The van der Waals surface area contributed by atoms with Gasteiger partial charge in [0.1, 0.15) is 12.4 Å². The molecule has 0 unspecified atom stereocenters. The van der Waals surface area contributed by atoms with Crippen LogP contribution in [0.1, 0.15) is 6.42 Å². The van der Waals surface area contributed by atoms with Gasteiger partial charge in [-0.2, -0.15) is 5.10 Å². The number of aromatic nitrogens is 2. The van der Waals surface area contributed by atoms with E-state index >= 15 is 0 Å². The van der Waals surface area contributed by atoms with Crippen molar-refractivity contribution in [3.63, 3.8) is 0 Å². The van der Waals surface area contributed by atoms with Crippen LogP contribution in [0.5, 0.6) is 5.75 Å². The maximum absolute atomic E-state index is 12.3. The summed E-state index contributed by atoms with van der Waals surface area (Å²) in [7, 11) is 1.72. The fourth-order valence-corrected chi connectivity index (χ4v) is 2.68. The highest BCUT2D eigenvalue weighted by atomic mass is 16.6. The van der Waals surface area contributed by atoms with Crippen LogP contribution >= 0.6 is 0 Å². The van der Waals surface area contributed by atoms with Gasteiger partial charge in [-0.3, -0.25) is 19.6 Å². The average Bonchev–Trinajstić information content (AvgIpc) is 3.09. The molecule has 27 heavy (non-hydrogen) atoms. The highest BCUT2D eigenvalue weighted by Crippen LogP contribution is 2.20. The lowest BCUT2D eigenvalue weighted by Gasteiger charge is -2.17. The molecule has 0 saturated heterocycles. The minimum absolute atomic E-state index is 0.00533. The Hall–Kier alpha value is -3.42. The number of carbonyl (C=O) groups is 1. The number of rotatable bonds is 8. The van der Waals surface area contributed by atoms with Gasteiger partial charge in [0, 0.05) is 31.0 Å². The summed E-state index contributed by atoms with van der Waals surface area (Å²) in [5, 5.41) is 16.0. The zero-order chi connectivity index (χ0) is 19.2. The van der Waals surface area contributed by atoms with Gasteiger partial charge in [-0.1, -0.05) is 18.2 Å². The van der Waals surface area contributed by atoms with Gasteiger partial charge >= 0.3 is 0 Å². The molecular formula is C19H20N4O4. The molecule has 2 aromatic carbocycles. The average molecular weight is 368 g/mol. The van der Waals surface area contributed by atoms with Gasteiger partial charge in [0.05, 0.1) is 29.7 Å². The monoisotopic (exact) mass is 368 g/mol. The van der Waals surface area contributed by atoms with Crippen molar-refractivity contribution in [2.24, 2.45) is 0 Å². The van der Waals surface area contributed by atoms with Gasteiger partial charge in [0.2, 0.25) is 5.91 Å². The van der Waals surface area contributed by atoms with E-state index in [2.05, 4.69) is 5.10 Å². The predicted molar refractivity (Wildman–Crippen MR) is 101 cm³/mol. The molecule has 0 bridgehead atoms. The van der Waals surface area contributed by atoms with E-state index in [9.17, 15) is 14.9 Å². The SMILES string of the molecule is CN(CCOc1ccccc1)C(=O)CCn1ncc2ccc([N+](=O)[O-])cc21. The summed E-state index contributed by atoms with van der Waals surface area (Å²) < 4.78 is 7.21. The van der Waals surface area contributed by atoms with Crippen molar-refractivity contribution < 1.29 is 14.5 Å². The van der Waals surface area contributed by atoms with E-state index in [-0.39, 0.29) is 18.0 Å². The first-order valence-corrected chi connectivity index (χ1v) is 8.56. The second-order valence-corrected chi connectivity index (χ2v) is 6.09. The summed E-state index contributed by atoms with van der Waals surface area (Å²) in [6, 6.07) is 14.0. The third-order valence-corrected chi connectivity index (χ3v) is 4.24. The van der Waals surface area contributed by atoms with E-state index in [0.717, 1.165) is 11.1 Å². The standard InChI is InChI=1S/C19H20N4O4/c1-21(11-12-27-17-5-3-2-4-6-17)19(24)9-10-22-18-13-16(23(25)26)8-7-15(18)14-20-22/h2-8,13-14H,9-12H2,1H3. The van der Waals surface area contributed by atoms with E-state index in [1.54, 1.807) is 28.9 Å².